The smallest absolute Gasteiger partial charge is 0.323 e. The summed E-state index contributed by atoms with van der Waals surface area (Å²) >= 11 is 0. The third-order valence-corrected chi connectivity index (χ3v) is 22.8. The fourth-order valence-corrected chi connectivity index (χ4v) is 15.7. The van der Waals surface area contributed by atoms with E-state index in [2.05, 4.69) is 118 Å². The van der Waals surface area contributed by atoms with Crippen LogP contribution >= 0.6 is 0 Å². The fourth-order valence-electron chi connectivity index (χ4n) is 15.7. The monoisotopic (exact) mass is 1640 g/mol. The SMILES string of the molecule is CCN1CCN(C(=NO)c2ccc(C#C[C@]3(CN4Cc5ccc(OC)cc5C4=O)NC(=O)NC3=O)cc2)CC1.CCN1CCN(c2ccc(O)c(-c3ccc(C#C[C@]4(CN5Cc6ccc(OC)cc6C5=O)NC(=O)NC4=O)cc3F)c2)CC1.COc1ccc2c(c1)C(=O)N(C[C@@]1(C#Cc3ccc(C(=NO)N4CCN(C)CC4)cc3)NC(=O)NC1=O)C2. The maximum Gasteiger partial charge on any atom is 0.323 e. The molecule has 7 aromatic carbocycles. The van der Waals surface area contributed by atoms with Crippen LogP contribution in [0.5, 0.6) is 23.0 Å². The molecule has 9 aliphatic heterocycles. The summed E-state index contributed by atoms with van der Waals surface area (Å²) in [6.07, 6.45) is 0. The molecule has 3 atom stereocenters. The van der Waals surface area contributed by atoms with Gasteiger partial charge in [-0.15, -0.1) is 0 Å². The number of methoxy groups -OCH3 is 3. The van der Waals surface area contributed by atoms with E-state index in [0.717, 1.165) is 125 Å². The van der Waals surface area contributed by atoms with E-state index in [1.165, 1.54) is 48.2 Å². The van der Waals surface area contributed by atoms with Crippen molar-refractivity contribution in [3.63, 3.8) is 0 Å². The third-order valence-electron chi connectivity index (χ3n) is 22.8. The van der Waals surface area contributed by atoms with Gasteiger partial charge in [0.05, 0.1) is 41.0 Å². The van der Waals surface area contributed by atoms with Gasteiger partial charge in [0.1, 0.15) is 28.8 Å². The Morgan fingerprint density at radius 1 is 0.430 bits per heavy atom. The molecule has 6 fully saturated rings. The molecule has 32 nitrogen and oxygen atoms in total. The van der Waals surface area contributed by atoms with Gasteiger partial charge in [0, 0.05) is 159 Å². The minimum atomic E-state index is -1.73. The van der Waals surface area contributed by atoms with Gasteiger partial charge in [-0.3, -0.25) is 44.7 Å². The van der Waals surface area contributed by atoms with Crippen molar-refractivity contribution in [1.82, 2.24) is 71.1 Å². The number of anilines is 1. The third kappa shape index (κ3) is 17.8. The average molecular weight is 1640 g/mol. The molecule has 6 saturated heterocycles. The highest BCUT2D eigenvalue weighted by Gasteiger charge is 2.51. The highest BCUT2D eigenvalue weighted by atomic mass is 19.1. The summed E-state index contributed by atoms with van der Waals surface area (Å²) in [6.45, 7) is 16.7. The number of phenolic OH excluding ortho intramolecular Hbond substituents is 1. The van der Waals surface area contributed by atoms with Crippen molar-refractivity contribution in [2.45, 2.75) is 50.1 Å². The Bertz CT molecular complexity index is 5550. The van der Waals surface area contributed by atoms with Crippen molar-refractivity contribution in [3.8, 4) is 69.6 Å². The van der Waals surface area contributed by atoms with Crippen LogP contribution in [-0.4, -0.2) is 276 Å². The molecule has 9 aliphatic rings. The van der Waals surface area contributed by atoms with Crippen LogP contribution in [0.4, 0.5) is 24.5 Å². The van der Waals surface area contributed by atoms with E-state index in [-0.39, 0.29) is 73.9 Å². The van der Waals surface area contributed by atoms with Crippen molar-refractivity contribution >= 4 is 70.9 Å². The number of fused-ring (bicyclic) bond motifs is 3. The van der Waals surface area contributed by atoms with E-state index < -0.39 is 58.2 Å². The number of benzene rings is 7. The number of hydrogen-bond donors (Lipinski definition) is 9. The van der Waals surface area contributed by atoms with E-state index in [1.807, 2.05) is 28.0 Å². The normalized spacial score (nSPS) is 20.8. The summed E-state index contributed by atoms with van der Waals surface area (Å²) in [5.74, 6) is 16.6. The number of halogens is 1. The van der Waals surface area contributed by atoms with Crippen LogP contribution in [0.2, 0.25) is 0 Å². The highest BCUT2D eigenvalue weighted by Crippen LogP contribution is 2.37. The maximum absolute atomic E-state index is 15.5. The number of likely N-dealkylation sites (N-methyl/N-ethyl adjacent to an activating group) is 3. The molecule has 0 bridgehead atoms. The number of piperazine rings is 3. The minimum Gasteiger partial charge on any atom is -0.507 e. The quantitative estimate of drug-likeness (QED) is 0.0168. The summed E-state index contributed by atoms with van der Waals surface area (Å²) < 4.78 is 31.2. The summed E-state index contributed by atoms with van der Waals surface area (Å²) in [6, 6.07) is 37.4. The molecule has 0 unspecified atom stereocenters. The summed E-state index contributed by atoms with van der Waals surface area (Å²) in [5.41, 5.74) is 3.27. The maximum atomic E-state index is 15.5. The number of carbonyl (C=O) groups is 9. The number of urea groups is 3. The molecule has 12 amide bonds. The van der Waals surface area contributed by atoms with Crippen molar-refractivity contribution in [1.29, 1.82) is 0 Å². The van der Waals surface area contributed by atoms with E-state index in [4.69, 9.17) is 14.2 Å². The van der Waals surface area contributed by atoms with Gasteiger partial charge in [0.15, 0.2) is 11.7 Å². The van der Waals surface area contributed by atoms with E-state index in [1.54, 1.807) is 109 Å². The number of amidine groups is 2. The number of aromatic hydroxyl groups is 1. The molecule has 0 aliphatic carbocycles. The fraction of sp³-hybridized carbons (Fsp3) is 0.330. The van der Waals surface area contributed by atoms with E-state index in [9.17, 15) is 58.7 Å². The molecule has 0 spiro atoms. The van der Waals surface area contributed by atoms with Gasteiger partial charge in [0.2, 0.25) is 16.6 Å². The number of hydrogen-bond acceptors (Lipinski definition) is 21. The molecular formula is C88H90FN17O15. The Labute approximate surface area is 697 Å². The zero-order chi connectivity index (χ0) is 85.4. The number of carbonyl (C=O) groups excluding carboxylic acids is 9. The molecule has 0 radical (unpaired) electrons. The first-order valence-corrected chi connectivity index (χ1v) is 39.4. The number of phenols is 1. The first-order valence-electron chi connectivity index (χ1n) is 39.4. The lowest BCUT2D eigenvalue weighted by Crippen LogP contribution is -2.54. The van der Waals surface area contributed by atoms with Crippen molar-refractivity contribution < 1.29 is 77.3 Å². The zero-order valence-corrected chi connectivity index (χ0v) is 67.5. The molecule has 0 saturated carbocycles. The van der Waals surface area contributed by atoms with E-state index >= 15 is 4.39 Å². The number of rotatable bonds is 15. The van der Waals surface area contributed by atoms with Gasteiger partial charge >= 0.3 is 18.1 Å². The summed E-state index contributed by atoms with van der Waals surface area (Å²) in [4.78, 5) is 132. The van der Waals surface area contributed by atoms with E-state index in [0.29, 0.717) is 62.3 Å². The lowest BCUT2D eigenvalue weighted by molar-refractivity contribution is -0.123. The van der Waals surface area contributed by atoms with Crippen LogP contribution in [0.1, 0.15) is 89.4 Å². The standard InChI is InChI=1S/C33H32FN5O5.C28H30N6O5.C27H28N6O5/c1-3-37-12-14-38(15-13-37)23-6-9-29(40)27(17-23)25-8-4-21(16-28(25)34)10-11-33(31(42)35-32(43)36-33)20-39-19-22-5-7-24(44-2)18-26(22)30(39)41;1-3-32-12-14-33(15-13-32)24(31-38)20-6-4-19(5-7-20)10-11-28(26(36)29-27(37)30-28)18-34-17-21-8-9-22(39-2)16-23(21)25(34)35;1-31-11-13-32(14-12-31)23(30-37)19-5-3-18(4-6-19)9-10-27(25(35)28-26(36)29-27)17-33-16-20-7-8-21(38-2)15-22(20)24(33)34/h4-9,16-18,40H,3,12-15,19-20H2,1-2H3,(H2,35,36,42,43);4-9,16,38H,3,12-15,17-18H2,1-2H3,(H2,29,30,36,37);3-8,15,37H,11-14,16-17H2,1-2H3,(H2,28,29,35,36)/t33-;28-;27-/m111/s1. The summed E-state index contributed by atoms with van der Waals surface area (Å²) in [5, 5.41) is 51.5. The molecular weight excluding hydrogens is 1550 g/mol. The van der Waals surface area contributed by atoms with Crippen molar-refractivity contribution in [2.75, 3.05) is 145 Å². The molecule has 33 heteroatoms. The Morgan fingerprint density at radius 3 is 1.14 bits per heavy atom. The second-order valence-electron chi connectivity index (χ2n) is 30.3. The molecule has 16 rings (SSSR count). The average Bonchev–Trinajstić information content (AvgIpc) is 1.62. The largest absolute Gasteiger partial charge is 0.507 e. The van der Waals surface area contributed by atoms with Gasteiger partial charge in [-0.25, -0.2) is 18.8 Å². The number of nitrogens with one attached hydrogen (secondary N) is 6. The Morgan fingerprint density at radius 2 is 0.793 bits per heavy atom. The first kappa shape index (κ1) is 83.3. The van der Waals surface area contributed by atoms with Gasteiger partial charge in [0.25, 0.3) is 35.4 Å². The van der Waals surface area contributed by atoms with Gasteiger partial charge in [-0.2, -0.15) is 0 Å². The zero-order valence-electron chi connectivity index (χ0n) is 67.5. The molecule has 9 heterocycles. The van der Waals surface area contributed by atoms with Crippen LogP contribution < -0.4 is 51.0 Å². The predicted octanol–water partition coefficient (Wildman–Crippen LogP) is 4.65. The lowest BCUT2D eigenvalue weighted by atomic mass is 9.98. The molecule has 9 N–H and O–H groups in total. The number of amides is 12. The topological polar surface area (TPSA) is 368 Å². The Balaban J connectivity index is 0.000000149. The van der Waals surface area contributed by atoms with Gasteiger partial charge in [-0.1, -0.05) is 83.9 Å². The molecule has 624 valence electrons. The second-order valence-corrected chi connectivity index (χ2v) is 30.3. The minimum absolute atomic E-state index is 0.0446. The number of ether oxygens (including phenoxy) is 3. The molecule has 0 aromatic heterocycles. The Kier molecular flexibility index (Phi) is 24.5. The van der Waals surface area contributed by atoms with Crippen LogP contribution in [0.3, 0.4) is 0 Å². The summed E-state index contributed by atoms with van der Waals surface area (Å²) in [7, 11) is 6.61. The van der Waals surface area contributed by atoms with Gasteiger partial charge < -0.3 is 89.8 Å². The van der Waals surface area contributed by atoms with Crippen molar-refractivity contribution in [3.05, 3.63) is 207 Å². The second kappa shape index (κ2) is 35.5. The number of imide groups is 3. The van der Waals surface area contributed by atoms with Crippen LogP contribution in [0.15, 0.2) is 150 Å². The molecule has 121 heavy (non-hydrogen) atoms. The number of oxime groups is 2. The van der Waals surface area contributed by atoms with Crippen LogP contribution in [0, 0.1) is 41.3 Å². The van der Waals surface area contributed by atoms with Gasteiger partial charge in [-0.05, 0) is 152 Å². The number of nitrogens with zero attached hydrogens (tertiary/aromatic N) is 11. The highest BCUT2D eigenvalue weighted by molar-refractivity contribution is 6.12. The van der Waals surface area contributed by atoms with Crippen LogP contribution in [0.25, 0.3) is 11.1 Å². The Hall–Kier alpha value is -14.2. The first-order chi connectivity index (χ1) is 58.4. The van der Waals surface area contributed by atoms with Crippen molar-refractivity contribution in [2.24, 2.45) is 10.3 Å². The lowest BCUT2D eigenvalue weighted by Gasteiger charge is -2.35. The molecule has 7 aromatic rings. The predicted molar refractivity (Wildman–Crippen MR) is 442 cm³/mol. The van der Waals surface area contributed by atoms with Crippen LogP contribution in [-0.2, 0) is 34.0 Å².